The van der Waals surface area contributed by atoms with Crippen LogP contribution < -0.4 is 4.74 Å². The van der Waals surface area contributed by atoms with Gasteiger partial charge in [-0.1, -0.05) is 24.3 Å². The van der Waals surface area contributed by atoms with E-state index in [1.54, 1.807) is 6.08 Å². The van der Waals surface area contributed by atoms with Gasteiger partial charge in [0, 0.05) is 11.2 Å². The van der Waals surface area contributed by atoms with Gasteiger partial charge in [-0.05, 0) is 32.3 Å². The lowest BCUT2D eigenvalue weighted by Gasteiger charge is -2.17. The van der Waals surface area contributed by atoms with Crippen molar-refractivity contribution < 1.29 is 14.2 Å². The molecule has 0 amide bonds. The molecule has 0 spiro atoms. The Bertz CT molecular complexity index is 510. The minimum atomic E-state index is -3.17. The summed E-state index contributed by atoms with van der Waals surface area (Å²) < 4.78 is 18.1. The van der Waals surface area contributed by atoms with Crippen LogP contribution in [0.15, 0.2) is 36.9 Å². The molecule has 0 saturated heterocycles. The Hall–Kier alpha value is -1.05. The van der Waals surface area contributed by atoms with Gasteiger partial charge in [0.15, 0.2) is 0 Å². The maximum atomic E-state index is 12.4. The second kappa shape index (κ2) is 5.52. The summed E-state index contributed by atoms with van der Waals surface area (Å²) in [5, 5.41) is 0. The van der Waals surface area contributed by atoms with E-state index in [1.807, 2.05) is 38.1 Å². The Balaban J connectivity index is 2.14. The normalized spacial score (nSPS) is 24.8. The van der Waals surface area contributed by atoms with Crippen molar-refractivity contribution in [2.75, 3.05) is 0 Å². The van der Waals surface area contributed by atoms with Crippen molar-refractivity contribution in [3.8, 4) is 5.75 Å². The van der Waals surface area contributed by atoms with E-state index >= 15 is 0 Å². The Morgan fingerprint density at radius 2 is 2.21 bits per heavy atom. The van der Waals surface area contributed by atoms with Crippen molar-refractivity contribution in [1.29, 1.82) is 0 Å². The van der Waals surface area contributed by atoms with Gasteiger partial charge in [-0.15, -0.1) is 6.58 Å². The minimum Gasteiger partial charge on any atom is -0.491 e. The predicted molar refractivity (Wildman–Crippen MR) is 77.8 cm³/mol. The molecule has 0 bridgehead atoms. The third kappa shape index (κ3) is 3.49. The topological polar surface area (TPSA) is 46.5 Å². The summed E-state index contributed by atoms with van der Waals surface area (Å²) in [6.07, 6.45) is 2.81. The van der Waals surface area contributed by atoms with Gasteiger partial charge >= 0.3 is 0 Å². The van der Waals surface area contributed by atoms with Crippen LogP contribution in [-0.4, -0.2) is 16.7 Å². The van der Waals surface area contributed by atoms with E-state index in [1.165, 1.54) is 0 Å². The van der Waals surface area contributed by atoms with Gasteiger partial charge in [0.25, 0.3) is 0 Å². The van der Waals surface area contributed by atoms with Crippen LogP contribution in [-0.2, 0) is 10.7 Å². The number of para-hydroxylation sites is 1. The van der Waals surface area contributed by atoms with E-state index in [0.29, 0.717) is 5.75 Å². The van der Waals surface area contributed by atoms with Crippen LogP contribution in [0.5, 0.6) is 5.75 Å². The number of hydrogen-bond acceptors (Lipinski definition) is 2. The lowest BCUT2D eigenvalue weighted by Crippen LogP contribution is -2.08. The number of rotatable bonds is 6. The van der Waals surface area contributed by atoms with Crippen molar-refractivity contribution in [2.45, 2.75) is 38.2 Å². The summed E-state index contributed by atoms with van der Waals surface area (Å²) in [5.74, 6) is 0.914. The molecule has 1 aromatic rings. The fourth-order valence-electron chi connectivity index (χ4n) is 2.28. The van der Waals surface area contributed by atoms with Crippen molar-refractivity contribution in [3.05, 3.63) is 42.5 Å². The lowest BCUT2D eigenvalue weighted by atomic mass is 10.2. The van der Waals surface area contributed by atoms with E-state index < -0.39 is 7.37 Å². The molecule has 0 heterocycles. The van der Waals surface area contributed by atoms with E-state index in [2.05, 4.69) is 6.58 Å². The molecule has 1 fully saturated rings. The molecule has 1 saturated carbocycles. The molecular weight excluding hydrogens is 259 g/mol. The van der Waals surface area contributed by atoms with Crippen LogP contribution >= 0.6 is 7.37 Å². The van der Waals surface area contributed by atoms with Crippen molar-refractivity contribution in [2.24, 2.45) is 5.92 Å². The molecule has 4 heteroatoms. The molecule has 1 aliphatic rings. The Labute approximate surface area is 114 Å². The van der Waals surface area contributed by atoms with Crippen LogP contribution in [0, 0.1) is 5.92 Å². The number of allylic oxidation sites excluding steroid dienone is 1. The first-order valence-corrected chi connectivity index (χ1v) is 8.54. The lowest BCUT2D eigenvalue weighted by molar-refractivity contribution is 0.240. The molecule has 0 radical (unpaired) electrons. The average Bonchev–Trinajstić information content (AvgIpc) is 3.11. The van der Waals surface area contributed by atoms with Crippen molar-refractivity contribution in [1.82, 2.24) is 0 Å². The first-order valence-electron chi connectivity index (χ1n) is 6.62. The zero-order chi connectivity index (χ0) is 14.0. The highest BCUT2D eigenvalue weighted by Crippen LogP contribution is 2.63. The quantitative estimate of drug-likeness (QED) is 0.636. The summed E-state index contributed by atoms with van der Waals surface area (Å²) in [4.78, 5) is 10.2. The standard InChI is InChI=1S/C15H21O3P/c1-4-12-9-15(12)19(16,17)10-13-7-5-6-8-14(13)18-11(2)3/h4-8,11-12,15H,1,9-10H2,2-3H3,(H,16,17)/t12-,15+/m1/s1. The highest BCUT2D eigenvalue weighted by molar-refractivity contribution is 7.58. The molecule has 3 atom stereocenters. The summed E-state index contributed by atoms with van der Waals surface area (Å²) in [7, 11) is -3.17. The van der Waals surface area contributed by atoms with Crippen LogP contribution in [0.4, 0.5) is 0 Å². The highest BCUT2D eigenvalue weighted by atomic mass is 31.2. The van der Waals surface area contributed by atoms with Gasteiger partial charge in [0.2, 0.25) is 7.37 Å². The number of ether oxygens (including phenoxy) is 1. The van der Waals surface area contributed by atoms with Gasteiger partial charge in [-0.25, -0.2) is 0 Å². The second-order valence-corrected chi connectivity index (χ2v) is 7.88. The average molecular weight is 280 g/mol. The monoisotopic (exact) mass is 280 g/mol. The molecule has 1 aliphatic carbocycles. The van der Waals surface area contributed by atoms with E-state index in [4.69, 9.17) is 4.74 Å². The van der Waals surface area contributed by atoms with Crippen LogP contribution in [0.1, 0.15) is 25.8 Å². The summed E-state index contributed by atoms with van der Waals surface area (Å²) in [6, 6.07) is 7.48. The second-order valence-electron chi connectivity index (χ2n) is 5.39. The zero-order valence-corrected chi connectivity index (χ0v) is 12.3. The molecule has 1 aromatic carbocycles. The predicted octanol–water partition coefficient (Wildman–Crippen LogP) is 3.82. The molecule has 1 unspecified atom stereocenters. The fraction of sp³-hybridized carbons (Fsp3) is 0.467. The fourth-order valence-corrected chi connectivity index (χ4v) is 4.56. The molecule has 3 nitrogen and oxygen atoms in total. The highest BCUT2D eigenvalue weighted by Gasteiger charge is 2.48. The molecular formula is C15H21O3P. The van der Waals surface area contributed by atoms with E-state index in [9.17, 15) is 9.46 Å². The molecule has 0 aromatic heterocycles. The molecule has 1 N–H and O–H groups in total. The smallest absolute Gasteiger partial charge is 0.208 e. The first kappa shape index (κ1) is 14.4. The third-order valence-electron chi connectivity index (χ3n) is 3.36. The van der Waals surface area contributed by atoms with Gasteiger partial charge in [0.1, 0.15) is 5.75 Å². The van der Waals surface area contributed by atoms with Gasteiger partial charge in [0.05, 0.1) is 12.3 Å². The van der Waals surface area contributed by atoms with Gasteiger partial charge < -0.3 is 9.63 Å². The minimum absolute atomic E-state index is 0.0566. The van der Waals surface area contributed by atoms with Crippen LogP contribution in [0.2, 0.25) is 0 Å². The number of benzene rings is 1. The van der Waals surface area contributed by atoms with E-state index in [-0.39, 0.29) is 23.8 Å². The maximum absolute atomic E-state index is 12.4. The Morgan fingerprint density at radius 3 is 2.79 bits per heavy atom. The summed E-state index contributed by atoms with van der Waals surface area (Å²) in [6.45, 7) is 7.59. The van der Waals surface area contributed by atoms with Crippen molar-refractivity contribution >= 4 is 7.37 Å². The number of hydrogen-bond donors (Lipinski definition) is 1. The van der Waals surface area contributed by atoms with Gasteiger partial charge in [-0.3, -0.25) is 4.57 Å². The van der Waals surface area contributed by atoms with Gasteiger partial charge in [-0.2, -0.15) is 0 Å². The molecule has 19 heavy (non-hydrogen) atoms. The zero-order valence-electron chi connectivity index (χ0n) is 11.5. The Kier molecular flexibility index (Phi) is 4.17. The largest absolute Gasteiger partial charge is 0.491 e. The molecule has 2 rings (SSSR count). The first-order chi connectivity index (χ1) is 8.94. The SMILES string of the molecule is C=C[C@@H]1C[C@@H]1P(=O)(O)Cc1ccccc1OC(C)C. The molecule has 104 valence electrons. The van der Waals surface area contributed by atoms with Crippen molar-refractivity contribution in [3.63, 3.8) is 0 Å². The van der Waals surface area contributed by atoms with E-state index in [0.717, 1.165) is 12.0 Å². The maximum Gasteiger partial charge on any atom is 0.208 e. The summed E-state index contributed by atoms with van der Waals surface area (Å²) >= 11 is 0. The summed E-state index contributed by atoms with van der Waals surface area (Å²) in [5.41, 5.74) is 0.703. The van der Waals surface area contributed by atoms with Crippen LogP contribution in [0.25, 0.3) is 0 Å². The third-order valence-corrected chi connectivity index (χ3v) is 5.78. The van der Waals surface area contributed by atoms with Crippen LogP contribution in [0.3, 0.4) is 0 Å². The molecule has 0 aliphatic heterocycles. The Morgan fingerprint density at radius 1 is 1.53 bits per heavy atom.